The number of benzene rings is 2. The van der Waals surface area contributed by atoms with Crippen molar-refractivity contribution in [3.05, 3.63) is 53.0 Å². The van der Waals surface area contributed by atoms with E-state index in [1.54, 1.807) is 24.3 Å². The lowest BCUT2D eigenvalue weighted by atomic mass is 10.2. The molecule has 0 saturated heterocycles. The number of anilines is 2. The number of hydrogen-bond donors (Lipinski definition) is 1. The average Bonchev–Trinajstić information content (AvgIpc) is 2.78. The van der Waals surface area contributed by atoms with Crippen molar-refractivity contribution in [3.63, 3.8) is 0 Å². The number of halogens is 1. The second kappa shape index (κ2) is 11.6. The molecule has 32 heavy (non-hydrogen) atoms. The van der Waals surface area contributed by atoms with Crippen LogP contribution in [0.3, 0.4) is 0 Å². The molecular formula is C24H31BrN4O2S. The quantitative estimate of drug-likeness (QED) is 0.281. The smallest absolute Gasteiger partial charge is 0.263 e. The first-order valence-electron chi connectivity index (χ1n) is 11.2. The van der Waals surface area contributed by atoms with Crippen molar-refractivity contribution in [2.45, 2.75) is 57.3 Å². The van der Waals surface area contributed by atoms with Crippen molar-refractivity contribution in [2.24, 2.45) is 0 Å². The SMILES string of the molecule is CCCCCN(CCCCC)c1nc2ccccc2nc1NS(=O)(=O)c1ccc(Br)cc1. The van der Waals surface area contributed by atoms with Gasteiger partial charge in [0, 0.05) is 17.6 Å². The second-order valence-corrected chi connectivity index (χ2v) is 10.4. The summed E-state index contributed by atoms with van der Waals surface area (Å²) in [5.74, 6) is 0.871. The van der Waals surface area contributed by atoms with Gasteiger partial charge in [-0.1, -0.05) is 67.6 Å². The summed E-state index contributed by atoms with van der Waals surface area (Å²) >= 11 is 3.35. The highest BCUT2D eigenvalue weighted by Crippen LogP contribution is 2.28. The molecular weight excluding hydrogens is 488 g/mol. The summed E-state index contributed by atoms with van der Waals surface area (Å²) in [7, 11) is -3.81. The average molecular weight is 520 g/mol. The van der Waals surface area contributed by atoms with Crippen LogP contribution in [0, 0.1) is 0 Å². The number of aromatic nitrogens is 2. The van der Waals surface area contributed by atoms with E-state index in [9.17, 15) is 8.42 Å². The maximum Gasteiger partial charge on any atom is 0.263 e. The summed E-state index contributed by atoms with van der Waals surface area (Å²) in [5, 5.41) is 0. The first kappa shape index (κ1) is 24.5. The molecule has 0 atom stereocenters. The summed E-state index contributed by atoms with van der Waals surface area (Å²) in [6, 6.07) is 14.1. The van der Waals surface area contributed by atoms with Crippen molar-refractivity contribution in [1.29, 1.82) is 0 Å². The van der Waals surface area contributed by atoms with Crippen LogP contribution in [0.25, 0.3) is 11.0 Å². The van der Waals surface area contributed by atoms with Gasteiger partial charge in [-0.05, 0) is 49.2 Å². The molecule has 2 aromatic carbocycles. The fourth-order valence-corrected chi connectivity index (χ4v) is 4.78. The first-order valence-corrected chi connectivity index (χ1v) is 13.5. The molecule has 0 aliphatic rings. The van der Waals surface area contributed by atoms with Crippen molar-refractivity contribution in [1.82, 2.24) is 9.97 Å². The Bertz CT molecular complexity index is 1110. The van der Waals surface area contributed by atoms with Crippen molar-refractivity contribution < 1.29 is 8.42 Å². The molecule has 0 radical (unpaired) electrons. The molecule has 3 rings (SSSR count). The van der Waals surface area contributed by atoms with E-state index < -0.39 is 10.0 Å². The van der Waals surface area contributed by atoms with E-state index in [2.05, 4.69) is 44.4 Å². The van der Waals surface area contributed by atoms with Gasteiger partial charge in [-0.2, -0.15) is 0 Å². The number of sulfonamides is 1. The Morgan fingerprint density at radius 2 is 1.41 bits per heavy atom. The van der Waals surface area contributed by atoms with Gasteiger partial charge in [-0.15, -0.1) is 0 Å². The summed E-state index contributed by atoms with van der Waals surface area (Å²) in [4.78, 5) is 11.9. The molecule has 0 aliphatic carbocycles. The number of fused-ring (bicyclic) bond motifs is 1. The van der Waals surface area contributed by atoms with Crippen molar-refractivity contribution >= 4 is 48.6 Å². The maximum absolute atomic E-state index is 13.1. The highest BCUT2D eigenvalue weighted by Gasteiger charge is 2.22. The molecule has 1 N–H and O–H groups in total. The van der Waals surface area contributed by atoms with Crippen LogP contribution in [0.4, 0.5) is 11.6 Å². The van der Waals surface area contributed by atoms with E-state index in [1.807, 2.05) is 24.3 Å². The van der Waals surface area contributed by atoms with Gasteiger partial charge < -0.3 is 4.90 Å². The Morgan fingerprint density at radius 3 is 1.97 bits per heavy atom. The maximum atomic E-state index is 13.1. The fourth-order valence-electron chi connectivity index (χ4n) is 3.51. The minimum Gasteiger partial charge on any atom is -0.354 e. The molecule has 0 aliphatic heterocycles. The Hall–Kier alpha value is -2.19. The van der Waals surface area contributed by atoms with E-state index >= 15 is 0 Å². The van der Waals surface area contributed by atoms with Crippen LogP contribution in [0.2, 0.25) is 0 Å². The lowest BCUT2D eigenvalue weighted by molar-refractivity contribution is 0.600. The minimum atomic E-state index is -3.81. The molecule has 0 amide bonds. The lowest BCUT2D eigenvalue weighted by Gasteiger charge is -2.26. The number of nitrogens with zero attached hydrogens (tertiary/aromatic N) is 3. The molecule has 8 heteroatoms. The predicted molar refractivity (Wildman–Crippen MR) is 136 cm³/mol. The molecule has 0 bridgehead atoms. The van der Waals surface area contributed by atoms with Gasteiger partial charge in [0.2, 0.25) is 0 Å². The van der Waals surface area contributed by atoms with Gasteiger partial charge in [0.15, 0.2) is 11.6 Å². The van der Waals surface area contributed by atoms with Gasteiger partial charge in [0.25, 0.3) is 10.0 Å². The molecule has 0 unspecified atom stereocenters. The summed E-state index contributed by atoms with van der Waals surface area (Å²) in [6.07, 6.45) is 6.52. The van der Waals surface area contributed by atoms with Gasteiger partial charge in [0.05, 0.1) is 15.9 Å². The fraction of sp³-hybridized carbons (Fsp3) is 0.417. The molecule has 3 aromatic rings. The molecule has 0 saturated carbocycles. The van der Waals surface area contributed by atoms with Crippen LogP contribution >= 0.6 is 15.9 Å². The van der Waals surface area contributed by atoms with E-state index in [4.69, 9.17) is 4.98 Å². The normalized spacial score (nSPS) is 11.6. The molecule has 1 heterocycles. The number of nitrogens with one attached hydrogen (secondary N) is 1. The zero-order valence-corrected chi connectivity index (χ0v) is 21.1. The Labute approximate surface area is 199 Å². The van der Waals surface area contributed by atoms with E-state index in [1.165, 1.54) is 0 Å². The van der Waals surface area contributed by atoms with Gasteiger partial charge >= 0.3 is 0 Å². The third-order valence-electron chi connectivity index (χ3n) is 5.27. The summed E-state index contributed by atoms with van der Waals surface area (Å²) in [5.41, 5.74) is 1.41. The third-order valence-corrected chi connectivity index (χ3v) is 7.15. The Morgan fingerprint density at radius 1 is 0.844 bits per heavy atom. The van der Waals surface area contributed by atoms with Crippen LogP contribution in [-0.2, 0) is 10.0 Å². The first-order chi connectivity index (χ1) is 15.4. The van der Waals surface area contributed by atoms with Crippen LogP contribution in [0.1, 0.15) is 52.4 Å². The van der Waals surface area contributed by atoms with Crippen LogP contribution in [0.15, 0.2) is 57.9 Å². The molecule has 1 aromatic heterocycles. The van der Waals surface area contributed by atoms with Crippen LogP contribution < -0.4 is 9.62 Å². The zero-order chi connectivity index (χ0) is 23.0. The minimum absolute atomic E-state index is 0.185. The second-order valence-electron chi connectivity index (χ2n) is 7.85. The zero-order valence-electron chi connectivity index (χ0n) is 18.7. The lowest BCUT2D eigenvalue weighted by Crippen LogP contribution is -2.29. The van der Waals surface area contributed by atoms with Crippen molar-refractivity contribution in [2.75, 3.05) is 22.7 Å². The number of hydrogen-bond acceptors (Lipinski definition) is 5. The predicted octanol–water partition coefficient (Wildman–Crippen LogP) is 6.38. The molecule has 172 valence electrons. The van der Waals surface area contributed by atoms with E-state index in [-0.39, 0.29) is 10.7 Å². The largest absolute Gasteiger partial charge is 0.354 e. The summed E-state index contributed by atoms with van der Waals surface area (Å²) < 4.78 is 29.8. The highest BCUT2D eigenvalue weighted by molar-refractivity contribution is 9.10. The van der Waals surface area contributed by atoms with Crippen molar-refractivity contribution in [3.8, 4) is 0 Å². The molecule has 6 nitrogen and oxygen atoms in total. The van der Waals surface area contributed by atoms with Crippen LogP contribution in [0.5, 0.6) is 0 Å². The number of rotatable bonds is 12. The van der Waals surface area contributed by atoms with E-state index in [0.717, 1.165) is 61.6 Å². The van der Waals surface area contributed by atoms with Gasteiger partial charge in [-0.3, -0.25) is 4.72 Å². The third kappa shape index (κ3) is 6.42. The Balaban J connectivity index is 2.02. The summed E-state index contributed by atoms with van der Waals surface area (Å²) in [6.45, 7) is 5.99. The number of para-hydroxylation sites is 2. The van der Waals surface area contributed by atoms with Gasteiger partial charge in [0.1, 0.15) is 0 Å². The number of unbranched alkanes of at least 4 members (excludes halogenated alkanes) is 4. The topological polar surface area (TPSA) is 75.2 Å². The monoisotopic (exact) mass is 518 g/mol. The standard InChI is InChI=1S/C24H31BrN4O2S/c1-3-5-9-17-29(18-10-6-4-2)24-23(26-21-11-7-8-12-22(21)27-24)28-32(30,31)20-15-13-19(25)14-16-20/h7-8,11-16H,3-6,9-10,17-18H2,1-2H3,(H,26,28). The van der Waals surface area contributed by atoms with Gasteiger partial charge in [-0.25, -0.2) is 18.4 Å². The molecule has 0 spiro atoms. The Kier molecular flexibility index (Phi) is 8.87. The highest BCUT2D eigenvalue weighted by atomic mass is 79.9. The van der Waals surface area contributed by atoms with E-state index in [0.29, 0.717) is 11.3 Å². The molecule has 0 fully saturated rings. The van der Waals surface area contributed by atoms with Crippen LogP contribution in [-0.4, -0.2) is 31.5 Å².